The SMILES string of the molecule is Cc1ccncc1C1=CC(N)CNC1. The highest BCUT2D eigenvalue weighted by Crippen LogP contribution is 2.18. The maximum atomic E-state index is 5.85. The number of hydrogen-bond donors (Lipinski definition) is 2. The van der Waals surface area contributed by atoms with Crippen LogP contribution in [0.2, 0.25) is 0 Å². The van der Waals surface area contributed by atoms with Gasteiger partial charge in [0.25, 0.3) is 0 Å². The van der Waals surface area contributed by atoms with Gasteiger partial charge in [-0.3, -0.25) is 4.98 Å². The molecule has 2 rings (SSSR count). The molecule has 0 bridgehead atoms. The van der Waals surface area contributed by atoms with Crippen LogP contribution in [0.4, 0.5) is 0 Å². The van der Waals surface area contributed by atoms with Crippen molar-refractivity contribution in [3.63, 3.8) is 0 Å². The molecule has 1 aromatic rings. The molecule has 0 radical (unpaired) electrons. The molecule has 3 nitrogen and oxygen atoms in total. The Kier molecular flexibility index (Phi) is 2.61. The van der Waals surface area contributed by atoms with E-state index in [4.69, 9.17) is 5.73 Å². The van der Waals surface area contributed by atoms with E-state index in [1.54, 1.807) is 0 Å². The van der Waals surface area contributed by atoms with Crippen molar-refractivity contribution < 1.29 is 0 Å². The zero-order valence-electron chi connectivity index (χ0n) is 8.33. The van der Waals surface area contributed by atoms with Crippen molar-refractivity contribution in [2.45, 2.75) is 13.0 Å². The molecule has 1 aromatic heterocycles. The Bertz CT molecular complexity index is 357. The Hall–Kier alpha value is -1.19. The minimum atomic E-state index is 0.123. The minimum Gasteiger partial charge on any atom is -0.323 e. The second kappa shape index (κ2) is 3.90. The molecule has 2 heterocycles. The van der Waals surface area contributed by atoms with E-state index >= 15 is 0 Å². The van der Waals surface area contributed by atoms with Gasteiger partial charge in [-0.05, 0) is 29.7 Å². The lowest BCUT2D eigenvalue weighted by Crippen LogP contribution is -2.37. The molecule has 0 aliphatic carbocycles. The summed E-state index contributed by atoms with van der Waals surface area (Å²) in [6, 6.07) is 2.15. The number of nitrogens with two attached hydrogens (primary N) is 1. The van der Waals surface area contributed by atoms with Crippen molar-refractivity contribution in [2.24, 2.45) is 5.73 Å². The Morgan fingerprint density at radius 3 is 3.14 bits per heavy atom. The second-order valence-corrected chi connectivity index (χ2v) is 3.68. The molecule has 14 heavy (non-hydrogen) atoms. The lowest BCUT2D eigenvalue weighted by molar-refractivity contribution is 0.662. The summed E-state index contributed by atoms with van der Waals surface area (Å²) < 4.78 is 0. The van der Waals surface area contributed by atoms with E-state index in [1.165, 1.54) is 16.7 Å². The molecule has 0 aromatic carbocycles. The normalized spacial score (nSPS) is 21.9. The fraction of sp³-hybridized carbons (Fsp3) is 0.364. The number of hydrogen-bond acceptors (Lipinski definition) is 3. The lowest BCUT2D eigenvalue weighted by Gasteiger charge is -2.20. The number of pyridine rings is 1. The molecule has 1 aliphatic heterocycles. The molecule has 3 heteroatoms. The molecule has 1 aliphatic rings. The van der Waals surface area contributed by atoms with Gasteiger partial charge in [-0.15, -0.1) is 0 Å². The van der Waals surface area contributed by atoms with Gasteiger partial charge in [-0.25, -0.2) is 0 Å². The molecule has 0 spiro atoms. The van der Waals surface area contributed by atoms with Gasteiger partial charge in [0.05, 0.1) is 0 Å². The van der Waals surface area contributed by atoms with Crippen LogP contribution in [-0.2, 0) is 0 Å². The van der Waals surface area contributed by atoms with Crippen LogP contribution in [0, 0.1) is 6.92 Å². The summed E-state index contributed by atoms with van der Waals surface area (Å²) in [4.78, 5) is 4.14. The van der Waals surface area contributed by atoms with Gasteiger partial charge in [-0.1, -0.05) is 6.08 Å². The molecule has 1 atom stereocenters. The maximum Gasteiger partial charge on any atom is 0.0357 e. The third-order valence-corrected chi connectivity index (χ3v) is 2.50. The molecule has 74 valence electrons. The third-order valence-electron chi connectivity index (χ3n) is 2.50. The summed E-state index contributed by atoms with van der Waals surface area (Å²) in [6.07, 6.45) is 5.84. The van der Waals surface area contributed by atoms with Gasteiger partial charge in [0.2, 0.25) is 0 Å². The number of nitrogens with one attached hydrogen (secondary N) is 1. The van der Waals surface area contributed by atoms with E-state index in [0.29, 0.717) is 0 Å². The summed E-state index contributed by atoms with van der Waals surface area (Å²) in [5, 5.41) is 3.29. The molecular formula is C11H15N3. The molecule has 1 unspecified atom stereocenters. The van der Waals surface area contributed by atoms with E-state index in [1.807, 2.05) is 18.5 Å². The molecule has 0 amide bonds. The summed E-state index contributed by atoms with van der Waals surface area (Å²) in [5.74, 6) is 0. The number of rotatable bonds is 1. The first-order valence-electron chi connectivity index (χ1n) is 4.85. The average molecular weight is 189 g/mol. The molecule has 0 saturated heterocycles. The monoisotopic (exact) mass is 189 g/mol. The van der Waals surface area contributed by atoms with E-state index < -0.39 is 0 Å². The van der Waals surface area contributed by atoms with Gasteiger partial charge < -0.3 is 11.1 Å². The number of aryl methyl sites for hydroxylation is 1. The molecule has 0 fully saturated rings. The van der Waals surface area contributed by atoms with Gasteiger partial charge in [0, 0.05) is 31.5 Å². The van der Waals surface area contributed by atoms with Crippen LogP contribution >= 0.6 is 0 Å². The van der Waals surface area contributed by atoms with Crippen LogP contribution in [0.1, 0.15) is 11.1 Å². The van der Waals surface area contributed by atoms with Crippen LogP contribution in [-0.4, -0.2) is 24.1 Å². The summed E-state index contributed by atoms with van der Waals surface area (Å²) in [6.45, 7) is 3.85. The highest BCUT2D eigenvalue weighted by Gasteiger charge is 2.11. The molecular weight excluding hydrogens is 174 g/mol. The third kappa shape index (κ3) is 1.84. The summed E-state index contributed by atoms with van der Waals surface area (Å²) in [7, 11) is 0. The fourth-order valence-electron chi connectivity index (χ4n) is 1.73. The summed E-state index contributed by atoms with van der Waals surface area (Å²) in [5.41, 5.74) is 9.57. The largest absolute Gasteiger partial charge is 0.323 e. The van der Waals surface area contributed by atoms with Gasteiger partial charge in [-0.2, -0.15) is 0 Å². The van der Waals surface area contributed by atoms with E-state index in [2.05, 4.69) is 23.3 Å². The van der Waals surface area contributed by atoms with Crippen LogP contribution in [0.5, 0.6) is 0 Å². The standard InChI is InChI=1S/C11H15N3/c1-8-2-3-13-7-11(8)9-4-10(12)6-14-5-9/h2-4,7,10,14H,5-6,12H2,1H3. The van der Waals surface area contributed by atoms with E-state index in [-0.39, 0.29) is 6.04 Å². The van der Waals surface area contributed by atoms with Crippen LogP contribution < -0.4 is 11.1 Å². The van der Waals surface area contributed by atoms with Gasteiger partial charge in [0.15, 0.2) is 0 Å². The zero-order valence-corrected chi connectivity index (χ0v) is 8.33. The van der Waals surface area contributed by atoms with Gasteiger partial charge in [0.1, 0.15) is 0 Å². The van der Waals surface area contributed by atoms with Crippen molar-refractivity contribution in [3.8, 4) is 0 Å². The predicted octanol–water partition coefficient (Wildman–Crippen LogP) is 0.704. The first-order chi connectivity index (χ1) is 6.77. The fourth-order valence-corrected chi connectivity index (χ4v) is 1.73. The quantitative estimate of drug-likeness (QED) is 0.684. The number of aromatic nitrogens is 1. The zero-order chi connectivity index (χ0) is 9.97. The van der Waals surface area contributed by atoms with Crippen LogP contribution in [0.15, 0.2) is 24.5 Å². The minimum absolute atomic E-state index is 0.123. The highest BCUT2D eigenvalue weighted by molar-refractivity contribution is 5.70. The Labute approximate surface area is 84.0 Å². The Balaban J connectivity index is 2.35. The van der Waals surface area contributed by atoms with E-state index in [9.17, 15) is 0 Å². The van der Waals surface area contributed by atoms with Crippen molar-refractivity contribution >= 4 is 5.57 Å². The topological polar surface area (TPSA) is 50.9 Å². The Morgan fingerprint density at radius 2 is 2.43 bits per heavy atom. The van der Waals surface area contributed by atoms with Crippen molar-refractivity contribution in [1.29, 1.82) is 0 Å². The number of nitrogens with zero attached hydrogens (tertiary/aromatic N) is 1. The van der Waals surface area contributed by atoms with Crippen LogP contribution in [0.3, 0.4) is 0 Å². The predicted molar refractivity (Wildman–Crippen MR) is 57.8 cm³/mol. The Morgan fingerprint density at radius 1 is 1.57 bits per heavy atom. The van der Waals surface area contributed by atoms with Gasteiger partial charge >= 0.3 is 0 Å². The first kappa shape index (κ1) is 9.37. The van der Waals surface area contributed by atoms with Crippen molar-refractivity contribution in [1.82, 2.24) is 10.3 Å². The molecule has 3 N–H and O–H groups in total. The summed E-state index contributed by atoms with van der Waals surface area (Å²) >= 11 is 0. The van der Waals surface area contributed by atoms with Crippen molar-refractivity contribution in [3.05, 3.63) is 35.7 Å². The second-order valence-electron chi connectivity index (χ2n) is 3.68. The maximum absolute atomic E-state index is 5.85. The van der Waals surface area contributed by atoms with Crippen LogP contribution in [0.25, 0.3) is 5.57 Å². The first-order valence-corrected chi connectivity index (χ1v) is 4.85. The lowest BCUT2D eigenvalue weighted by atomic mass is 9.99. The smallest absolute Gasteiger partial charge is 0.0357 e. The van der Waals surface area contributed by atoms with E-state index in [0.717, 1.165) is 13.1 Å². The van der Waals surface area contributed by atoms with Crippen molar-refractivity contribution in [2.75, 3.05) is 13.1 Å². The molecule has 0 saturated carbocycles. The highest BCUT2D eigenvalue weighted by atomic mass is 14.9. The average Bonchev–Trinajstić information content (AvgIpc) is 2.18.